The molecule has 4 rings (SSSR count). The number of aromatic nitrogens is 4. The summed E-state index contributed by atoms with van der Waals surface area (Å²) in [4.78, 5) is 36.3. The van der Waals surface area contributed by atoms with Crippen LogP contribution in [-0.2, 0) is 30.3 Å². The second-order valence-corrected chi connectivity index (χ2v) is 9.18. The van der Waals surface area contributed by atoms with Crippen molar-refractivity contribution in [3.05, 3.63) is 30.9 Å². The summed E-state index contributed by atoms with van der Waals surface area (Å²) in [6.07, 6.45) is 1.14. The molecule has 2 aromatic rings. The number of alkyl halides is 3. The van der Waals surface area contributed by atoms with E-state index in [-0.39, 0.29) is 19.1 Å². The van der Waals surface area contributed by atoms with Gasteiger partial charge in [0.15, 0.2) is 11.6 Å². The summed E-state index contributed by atoms with van der Waals surface area (Å²) in [6.45, 7) is 7.10. The molecule has 2 fully saturated rings. The molecule has 0 unspecified atom stereocenters. The Morgan fingerprint density at radius 1 is 1.23 bits per heavy atom. The third-order valence-electron chi connectivity index (χ3n) is 6.27. The zero-order chi connectivity index (χ0) is 28.7. The number of ether oxygens (including phenoxy) is 3. The first-order chi connectivity index (χ1) is 19.1. The number of rotatable bonds is 10. The minimum absolute atomic E-state index is 0.142. The molecule has 2 saturated heterocycles. The molecule has 2 aliphatic rings. The van der Waals surface area contributed by atoms with Crippen LogP contribution in [-0.4, -0.2) is 102 Å². The van der Waals surface area contributed by atoms with Crippen LogP contribution in [0.5, 0.6) is 0 Å². The molecule has 0 saturated carbocycles. The lowest BCUT2D eigenvalue weighted by Crippen LogP contribution is -2.46. The first-order valence-corrected chi connectivity index (χ1v) is 12.7. The first kappa shape index (κ1) is 29.1. The van der Waals surface area contributed by atoms with E-state index >= 15 is 0 Å². The molecule has 16 heteroatoms. The summed E-state index contributed by atoms with van der Waals surface area (Å²) < 4.78 is 54.0. The van der Waals surface area contributed by atoms with Crippen molar-refractivity contribution in [1.82, 2.24) is 24.6 Å². The highest BCUT2D eigenvalue weighted by Gasteiger charge is 2.42. The Labute approximate surface area is 228 Å². The fraction of sp³-hybridized carbons (Fsp3) is 0.542. The van der Waals surface area contributed by atoms with Crippen LogP contribution in [0, 0.1) is 0 Å². The van der Waals surface area contributed by atoms with Crippen molar-refractivity contribution >= 4 is 35.0 Å². The number of methoxy groups -OCH3 is 1. The Morgan fingerprint density at radius 3 is 2.73 bits per heavy atom. The van der Waals surface area contributed by atoms with Crippen LogP contribution in [0.3, 0.4) is 0 Å². The molecule has 0 radical (unpaired) electrons. The van der Waals surface area contributed by atoms with Crippen molar-refractivity contribution < 1.29 is 37.0 Å². The van der Waals surface area contributed by atoms with E-state index in [1.807, 2.05) is 0 Å². The third-order valence-corrected chi connectivity index (χ3v) is 6.27. The van der Waals surface area contributed by atoms with Gasteiger partial charge in [-0.2, -0.15) is 23.3 Å². The number of piperidine rings is 1. The Kier molecular flexibility index (Phi) is 9.42. The van der Waals surface area contributed by atoms with Crippen LogP contribution < -0.4 is 15.5 Å². The molecule has 2 aromatic heterocycles. The molecule has 1 amide bonds. The topological polar surface area (TPSA) is 136 Å². The first-order valence-electron chi connectivity index (χ1n) is 12.7. The van der Waals surface area contributed by atoms with Gasteiger partial charge >= 0.3 is 12.1 Å². The van der Waals surface area contributed by atoms with E-state index < -0.39 is 23.8 Å². The number of anilines is 4. The number of nitrogens with one attached hydrogen (secondary N) is 2. The van der Waals surface area contributed by atoms with Crippen LogP contribution >= 0.6 is 0 Å². The lowest BCUT2D eigenvalue weighted by molar-refractivity contribution is -0.196. The minimum atomic E-state index is -5.23. The zero-order valence-corrected chi connectivity index (χ0v) is 21.9. The van der Waals surface area contributed by atoms with Gasteiger partial charge in [0.2, 0.25) is 5.95 Å². The summed E-state index contributed by atoms with van der Waals surface area (Å²) in [6, 6.07) is -0.289. The predicted molar refractivity (Wildman–Crippen MR) is 137 cm³/mol. The van der Waals surface area contributed by atoms with Gasteiger partial charge in [-0.05, 0) is 12.8 Å². The maximum atomic E-state index is 12.7. The normalized spacial score (nSPS) is 17.9. The Hall–Kier alpha value is -3.92. The van der Waals surface area contributed by atoms with Gasteiger partial charge in [0.05, 0.1) is 50.1 Å². The van der Waals surface area contributed by atoms with E-state index in [9.17, 15) is 22.8 Å². The molecule has 4 heterocycles. The third kappa shape index (κ3) is 7.59. The average molecular weight is 569 g/mol. The van der Waals surface area contributed by atoms with Gasteiger partial charge in [-0.15, -0.1) is 0 Å². The summed E-state index contributed by atoms with van der Waals surface area (Å²) in [5.74, 6) is -3.41. The van der Waals surface area contributed by atoms with Crippen LogP contribution in [0.1, 0.15) is 12.8 Å². The Bertz CT molecular complexity index is 1200. The second kappa shape index (κ2) is 13.0. The van der Waals surface area contributed by atoms with Gasteiger partial charge in [0.25, 0.3) is 5.91 Å². The second-order valence-electron chi connectivity index (χ2n) is 9.18. The van der Waals surface area contributed by atoms with Crippen molar-refractivity contribution in [3.63, 3.8) is 0 Å². The summed E-state index contributed by atoms with van der Waals surface area (Å²) in [5, 5.41) is 10.8. The van der Waals surface area contributed by atoms with Gasteiger partial charge in [0, 0.05) is 45.5 Å². The van der Waals surface area contributed by atoms with E-state index in [0.717, 1.165) is 5.69 Å². The largest absolute Gasteiger partial charge is 0.491 e. The SMILES string of the molecule is C=C(OC(=O)C(F)(F)F)C(=O)N1CCC[C@H](Nc2nc(Nc3cnn(CCOC)c3)ncc2N2CCOCC2)C1. The number of nitrogens with zero attached hydrogens (tertiary/aromatic N) is 6. The molecular weight excluding hydrogens is 537 g/mol. The standard InChI is InChI=1S/C24H31F3N8O5/c1-16(40-22(37)24(25,26)27)21(36)34-5-3-4-17(14-34)30-20-19(33-6-10-39-11-7-33)13-28-23(32-20)31-18-12-29-35(15-18)8-9-38-2/h12-13,15,17H,1,3-11,14H2,2H3,(H2,28,30,31,32)/t17-/m0/s1. The molecule has 40 heavy (non-hydrogen) atoms. The summed E-state index contributed by atoms with van der Waals surface area (Å²) in [5.41, 5.74) is 1.43. The highest BCUT2D eigenvalue weighted by molar-refractivity contribution is 5.94. The predicted octanol–water partition coefficient (Wildman–Crippen LogP) is 1.92. The van der Waals surface area contributed by atoms with Gasteiger partial charge in [-0.3, -0.25) is 9.48 Å². The van der Waals surface area contributed by atoms with E-state index in [4.69, 9.17) is 9.47 Å². The Morgan fingerprint density at radius 2 is 2.00 bits per heavy atom. The molecule has 2 aliphatic heterocycles. The smallest absolute Gasteiger partial charge is 0.415 e. The number of likely N-dealkylation sites (tertiary alicyclic amines) is 1. The van der Waals surface area contributed by atoms with Gasteiger partial charge in [-0.1, -0.05) is 6.58 Å². The van der Waals surface area contributed by atoms with Gasteiger partial charge in [-0.25, -0.2) is 9.78 Å². The van der Waals surface area contributed by atoms with Crippen LogP contribution in [0.25, 0.3) is 0 Å². The number of hydrogen-bond donors (Lipinski definition) is 2. The fourth-order valence-electron chi connectivity index (χ4n) is 4.30. The van der Waals surface area contributed by atoms with Crippen molar-refractivity contribution in [3.8, 4) is 0 Å². The molecule has 1 atom stereocenters. The maximum absolute atomic E-state index is 12.7. The average Bonchev–Trinajstić information content (AvgIpc) is 3.38. The molecule has 218 valence electrons. The molecular formula is C24H31F3N8O5. The number of morpholine rings is 1. The highest BCUT2D eigenvalue weighted by atomic mass is 19.4. The van der Waals surface area contributed by atoms with Crippen molar-refractivity contribution in [2.45, 2.75) is 31.6 Å². The highest BCUT2D eigenvalue weighted by Crippen LogP contribution is 2.28. The van der Waals surface area contributed by atoms with Crippen molar-refractivity contribution in [1.29, 1.82) is 0 Å². The van der Waals surface area contributed by atoms with E-state index in [1.54, 1.807) is 30.4 Å². The van der Waals surface area contributed by atoms with E-state index in [0.29, 0.717) is 69.8 Å². The number of esters is 1. The number of amides is 1. The number of hydrogen-bond acceptors (Lipinski definition) is 11. The number of halogens is 3. The molecule has 13 nitrogen and oxygen atoms in total. The molecule has 0 spiro atoms. The lowest BCUT2D eigenvalue weighted by atomic mass is 10.1. The lowest BCUT2D eigenvalue weighted by Gasteiger charge is -2.35. The van der Waals surface area contributed by atoms with Gasteiger partial charge < -0.3 is 34.6 Å². The minimum Gasteiger partial charge on any atom is -0.415 e. The van der Waals surface area contributed by atoms with Crippen LogP contribution in [0.15, 0.2) is 30.9 Å². The Balaban J connectivity index is 1.47. The number of carbonyl (C=O) groups excluding carboxylic acids is 2. The molecule has 0 bridgehead atoms. The van der Waals surface area contributed by atoms with Crippen LogP contribution in [0.2, 0.25) is 0 Å². The fourth-order valence-corrected chi connectivity index (χ4v) is 4.30. The van der Waals surface area contributed by atoms with Crippen molar-refractivity contribution in [2.24, 2.45) is 0 Å². The van der Waals surface area contributed by atoms with E-state index in [1.165, 1.54) is 4.90 Å². The monoisotopic (exact) mass is 568 g/mol. The van der Waals surface area contributed by atoms with Crippen molar-refractivity contribution in [2.75, 3.05) is 68.6 Å². The maximum Gasteiger partial charge on any atom is 0.491 e. The number of carbonyl (C=O) groups is 2. The van der Waals surface area contributed by atoms with E-state index in [2.05, 4.69) is 41.9 Å². The summed E-state index contributed by atoms with van der Waals surface area (Å²) >= 11 is 0. The molecule has 0 aromatic carbocycles. The molecule has 0 aliphatic carbocycles. The van der Waals surface area contributed by atoms with Crippen LogP contribution in [0.4, 0.5) is 36.3 Å². The summed E-state index contributed by atoms with van der Waals surface area (Å²) in [7, 11) is 1.61. The zero-order valence-electron chi connectivity index (χ0n) is 21.9. The van der Waals surface area contributed by atoms with Gasteiger partial charge in [0.1, 0.15) is 0 Å². The quantitative estimate of drug-likeness (QED) is 0.247. The molecule has 2 N–H and O–H groups in total.